The molecule has 1 fully saturated rings. The van der Waals surface area contributed by atoms with E-state index in [1.165, 1.54) is 0 Å². The molecule has 98 valence electrons. The van der Waals surface area contributed by atoms with Crippen LogP contribution in [0.2, 0.25) is 0 Å². The highest BCUT2D eigenvalue weighted by molar-refractivity contribution is 5.93. The molecular formula is C13H20N4O. The summed E-state index contributed by atoms with van der Waals surface area (Å²) in [6.07, 6.45) is 0. The van der Waals surface area contributed by atoms with E-state index in [1.807, 2.05) is 13.0 Å². The van der Waals surface area contributed by atoms with Crippen LogP contribution in [0.4, 0.5) is 16.2 Å². The summed E-state index contributed by atoms with van der Waals surface area (Å²) in [5, 5.41) is 8.79. The summed E-state index contributed by atoms with van der Waals surface area (Å²) in [7, 11) is 1.62. The van der Waals surface area contributed by atoms with Gasteiger partial charge in [-0.2, -0.15) is 0 Å². The summed E-state index contributed by atoms with van der Waals surface area (Å²) in [5.74, 6) is 0. The van der Waals surface area contributed by atoms with Gasteiger partial charge in [-0.15, -0.1) is 0 Å². The first-order valence-electron chi connectivity index (χ1n) is 6.26. The summed E-state index contributed by atoms with van der Waals surface area (Å²) in [5.41, 5.74) is 3.10. The van der Waals surface area contributed by atoms with Crippen molar-refractivity contribution in [1.82, 2.24) is 10.6 Å². The number of anilines is 2. The predicted molar refractivity (Wildman–Crippen MR) is 74.3 cm³/mol. The second-order valence-corrected chi connectivity index (χ2v) is 4.46. The summed E-state index contributed by atoms with van der Waals surface area (Å²) < 4.78 is 0. The van der Waals surface area contributed by atoms with Crippen LogP contribution in [-0.2, 0) is 0 Å². The van der Waals surface area contributed by atoms with Crippen molar-refractivity contribution < 1.29 is 4.79 Å². The molecule has 0 spiro atoms. The van der Waals surface area contributed by atoms with E-state index < -0.39 is 0 Å². The van der Waals surface area contributed by atoms with Gasteiger partial charge in [-0.1, -0.05) is 6.07 Å². The van der Waals surface area contributed by atoms with Gasteiger partial charge in [-0.25, -0.2) is 4.79 Å². The predicted octanol–water partition coefficient (Wildman–Crippen LogP) is 1.16. The van der Waals surface area contributed by atoms with Crippen molar-refractivity contribution in [2.24, 2.45) is 0 Å². The maximum Gasteiger partial charge on any atom is 0.319 e. The van der Waals surface area contributed by atoms with E-state index in [-0.39, 0.29) is 6.03 Å². The number of aryl methyl sites for hydroxylation is 1. The van der Waals surface area contributed by atoms with Gasteiger partial charge in [0.25, 0.3) is 0 Å². The number of carbonyl (C=O) groups is 1. The van der Waals surface area contributed by atoms with E-state index in [1.54, 1.807) is 7.05 Å². The first-order chi connectivity index (χ1) is 8.70. The number of piperazine rings is 1. The Kier molecular flexibility index (Phi) is 4.04. The Hall–Kier alpha value is -1.75. The average molecular weight is 248 g/mol. The van der Waals surface area contributed by atoms with E-state index >= 15 is 0 Å². The lowest BCUT2D eigenvalue weighted by Crippen LogP contribution is -2.44. The lowest BCUT2D eigenvalue weighted by molar-refractivity contribution is 0.254. The van der Waals surface area contributed by atoms with Crippen molar-refractivity contribution >= 4 is 17.4 Å². The molecule has 2 amide bonds. The second kappa shape index (κ2) is 5.73. The number of hydrogen-bond acceptors (Lipinski definition) is 3. The Morgan fingerprint density at radius 3 is 2.72 bits per heavy atom. The van der Waals surface area contributed by atoms with Gasteiger partial charge in [0.05, 0.1) is 11.4 Å². The molecule has 1 saturated heterocycles. The fourth-order valence-electron chi connectivity index (χ4n) is 2.12. The Labute approximate surface area is 108 Å². The lowest BCUT2D eigenvalue weighted by atomic mass is 10.1. The van der Waals surface area contributed by atoms with Crippen LogP contribution in [0.1, 0.15) is 5.56 Å². The van der Waals surface area contributed by atoms with Crippen molar-refractivity contribution in [3.05, 3.63) is 23.8 Å². The topological polar surface area (TPSA) is 56.4 Å². The molecule has 1 aromatic rings. The van der Waals surface area contributed by atoms with Gasteiger partial charge in [-0.05, 0) is 24.6 Å². The molecule has 0 atom stereocenters. The number of benzene rings is 1. The number of rotatable bonds is 2. The first-order valence-corrected chi connectivity index (χ1v) is 6.26. The Bertz CT molecular complexity index is 427. The highest BCUT2D eigenvalue weighted by atomic mass is 16.2. The number of urea groups is 1. The molecule has 1 aliphatic rings. The molecule has 0 aliphatic carbocycles. The van der Waals surface area contributed by atoms with Crippen molar-refractivity contribution in [1.29, 1.82) is 0 Å². The largest absolute Gasteiger partial charge is 0.367 e. The standard InChI is InChI=1S/C13H20N4O/c1-10-3-4-12(17-7-5-15-6-8-17)11(9-10)16-13(18)14-2/h3-4,9,15H,5-8H2,1-2H3,(H2,14,16,18). The number of amides is 2. The minimum atomic E-state index is -0.183. The maximum atomic E-state index is 11.5. The average Bonchev–Trinajstić information content (AvgIpc) is 2.40. The summed E-state index contributed by atoms with van der Waals surface area (Å²) in [6, 6.07) is 5.97. The van der Waals surface area contributed by atoms with Gasteiger partial charge in [0, 0.05) is 33.2 Å². The minimum Gasteiger partial charge on any atom is -0.367 e. The zero-order valence-corrected chi connectivity index (χ0v) is 10.9. The van der Waals surface area contributed by atoms with Gasteiger partial charge in [0.2, 0.25) is 0 Å². The molecule has 1 aromatic carbocycles. The van der Waals surface area contributed by atoms with Gasteiger partial charge in [-0.3, -0.25) is 0 Å². The van der Waals surface area contributed by atoms with Gasteiger partial charge in [0.1, 0.15) is 0 Å². The van der Waals surface area contributed by atoms with Crippen LogP contribution in [0.5, 0.6) is 0 Å². The SMILES string of the molecule is CNC(=O)Nc1cc(C)ccc1N1CCNCC1. The molecule has 2 rings (SSSR count). The Morgan fingerprint density at radius 2 is 2.06 bits per heavy atom. The zero-order valence-electron chi connectivity index (χ0n) is 10.9. The van der Waals surface area contributed by atoms with Crippen LogP contribution in [0, 0.1) is 6.92 Å². The Morgan fingerprint density at radius 1 is 1.33 bits per heavy atom. The highest BCUT2D eigenvalue weighted by Gasteiger charge is 2.15. The smallest absolute Gasteiger partial charge is 0.319 e. The van der Waals surface area contributed by atoms with Crippen LogP contribution in [0.15, 0.2) is 18.2 Å². The van der Waals surface area contributed by atoms with Crippen LogP contribution >= 0.6 is 0 Å². The van der Waals surface area contributed by atoms with Crippen molar-refractivity contribution in [2.75, 3.05) is 43.4 Å². The lowest BCUT2D eigenvalue weighted by Gasteiger charge is -2.31. The molecule has 0 bridgehead atoms. The van der Waals surface area contributed by atoms with E-state index in [4.69, 9.17) is 0 Å². The molecule has 18 heavy (non-hydrogen) atoms. The molecule has 0 radical (unpaired) electrons. The number of nitrogens with one attached hydrogen (secondary N) is 3. The van der Waals surface area contributed by atoms with Crippen LogP contribution in [0.25, 0.3) is 0 Å². The third-order valence-electron chi connectivity index (χ3n) is 3.09. The normalized spacial score (nSPS) is 15.3. The molecule has 5 nitrogen and oxygen atoms in total. The molecule has 1 heterocycles. The second-order valence-electron chi connectivity index (χ2n) is 4.46. The fourth-order valence-corrected chi connectivity index (χ4v) is 2.12. The van der Waals surface area contributed by atoms with Crippen molar-refractivity contribution in [3.63, 3.8) is 0 Å². The third-order valence-corrected chi connectivity index (χ3v) is 3.09. The summed E-state index contributed by atoms with van der Waals surface area (Å²) in [4.78, 5) is 13.8. The number of hydrogen-bond donors (Lipinski definition) is 3. The summed E-state index contributed by atoms with van der Waals surface area (Å²) >= 11 is 0. The van der Waals surface area contributed by atoms with Crippen LogP contribution in [0.3, 0.4) is 0 Å². The van der Waals surface area contributed by atoms with E-state index in [0.29, 0.717) is 0 Å². The van der Waals surface area contributed by atoms with Gasteiger partial charge < -0.3 is 20.9 Å². The first kappa shape index (κ1) is 12.7. The van der Waals surface area contributed by atoms with Crippen LogP contribution in [-0.4, -0.2) is 39.3 Å². The number of nitrogens with zero attached hydrogens (tertiary/aromatic N) is 1. The zero-order chi connectivity index (χ0) is 13.0. The Balaban J connectivity index is 2.24. The van der Waals surface area contributed by atoms with Gasteiger partial charge >= 0.3 is 6.03 Å². The quantitative estimate of drug-likeness (QED) is 0.736. The summed E-state index contributed by atoms with van der Waals surface area (Å²) in [6.45, 7) is 5.91. The molecule has 0 unspecified atom stereocenters. The van der Waals surface area contributed by atoms with E-state index in [0.717, 1.165) is 43.1 Å². The number of carbonyl (C=O) groups excluding carboxylic acids is 1. The van der Waals surface area contributed by atoms with E-state index in [2.05, 4.69) is 33.0 Å². The molecule has 5 heteroatoms. The molecule has 0 saturated carbocycles. The molecule has 1 aliphatic heterocycles. The van der Waals surface area contributed by atoms with Crippen LogP contribution < -0.4 is 20.9 Å². The molecule has 3 N–H and O–H groups in total. The fraction of sp³-hybridized carbons (Fsp3) is 0.462. The van der Waals surface area contributed by atoms with E-state index in [9.17, 15) is 4.79 Å². The van der Waals surface area contributed by atoms with Crippen molar-refractivity contribution in [2.45, 2.75) is 6.92 Å². The minimum absolute atomic E-state index is 0.183. The maximum absolute atomic E-state index is 11.5. The molecule has 0 aromatic heterocycles. The third kappa shape index (κ3) is 2.92. The monoisotopic (exact) mass is 248 g/mol. The molecular weight excluding hydrogens is 228 g/mol. The van der Waals surface area contributed by atoms with Gasteiger partial charge in [0.15, 0.2) is 0 Å². The highest BCUT2D eigenvalue weighted by Crippen LogP contribution is 2.27. The van der Waals surface area contributed by atoms with Crippen molar-refractivity contribution in [3.8, 4) is 0 Å².